The molecule has 1 aromatic carbocycles. The molecule has 1 rings (SSSR count). The lowest BCUT2D eigenvalue weighted by molar-refractivity contribution is -0.120. The molecular weight excluding hydrogens is 398 g/mol. The molecule has 0 saturated carbocycles. The Hall–Kier alpha value is -1.38. The largest absolute Gasteiger partial charge is 0.355 e. The summed E-state index contributed by atoms with van der Waals surface area (Å²) < 4.78 is 13.2. The maximum absolute atomic E-state index is 13.2. The second kappa shape index (κ2) is 11.2. The number of hydrogen-bond donors (Lipinski definition) is 3. The first kappa shape index (κ1) is 20.6. The summed E-state index contributed by atoms with van der Waals surface area (Å²) in [5.74, 6) is 0.245. The van der Waals surface area contributed by atoms with Crippen LogP contribution in [0, 0.1) is 12.7 Å². The minimum atomic E-state index is -0.214. The van der Waals surface area contributed by atoms with E-state index in [0.717, 1.165) is 12.0 Å². The first-order valence-electron chi connectivity index (χ1n) is 7.03. The number of nitrogens with zero attached hydrogens (tertiary/aromatic N) is 1. The Balaban J connectivity index is 0.00000441. The molecule has 0 heterocycles. The summed E-state index contributed by atoms with van der Waals surface area (Å²) in [4.78, 5) is 15.5. The second-order valence-corrected chi connectivity index (χ2v) is 4.71. The van der Waals surface area contributed by atoms with Crippen molar-refractivity contribution in [3.63, 3.8) is 0 Å². The molecule has 0 bridgehead atoms. The fraction of sp³-hybridized carbons (Fsp3) is 0.467. The lowest BCUT2D eigenvalue weighted by Gasteiger charge is -2.12. The van der Waals surface area contributed by atoms with Crippen molar-refractivity contribution in [1.82, 2.24) is 16.0 Å². The molecule has 22 heavy (non-hydrogen) atoms. The van der Waals surface area contributed by atoms with Gasteiger partial charge < -0.3 is 16.0 Å². The Kier molecular flexibility index (Phi) is 10.5. The molecule has 5 nitrogen and oxygen atoms in total. The first-order valence-corrected chi connectivity index (χ1v) is 7.03. The molecule has 0 spiro atoms. The topological polar surface area (TPSA) is 65.5 Å². The smallest absolute Gasteiger partial charge is 0.239 e. The summed E-state index contributed by atoms with van der Waals surface area (Å²) in [7, 11) is 1.63. The number of aryl methyl sites for hydroxylation is 1. The third-order valence-corrected chi connectivity index (χ3v) is 2.89. The molecule has 0 aliphatic carbocycles. The number of benzene rings is 1. The fourth-order valence-corrected chi connectivity index (χ4v) is 1.71. The molecule has 0 aliphatic heterocycles. The highest BCUT2D eigenvalue weighted by Gasteiger charge is 2.04. The molecule has 1 aromatic rings. The van der Waals surface area contributed by atoms with Crippen LogP contribution >= 0.6 is 24.0 Å². The van der Waals surface area contributed by atoms with Crippen LogP contribution < -0.4 is 16.0 Å². The highest BCUT2D eigenvalue weighted by atomic mass is 127. The minimum absolute atomic E-state index is 0. The SMILES string of the molecule is CCCNC(=O)CNC(=NC)NCc1ccc(F)c(C)c1.I. The summed E-state index contributed by atoms with van der Waals surface area (Å²) >= 11 is 0. The molecule has 0 saturated heterocycles. The maximum Gasteiger partial charge on any atom is 0.239 e. The number of halogens is 2. The van der Waals surface area contributed by atoms with Gasteiger partial charge in [0.2, 0.25) is 5.91 Å². The van der Waals surface area contributed by atoms with E-state index in [1.54, 1.807) is 26.1 Å². The summed E-state index contributed by atoms with van der Waals surface area (Å²) in [6, 6.07) is 4.95. The van der Waals surface area contributed by atoms with Gasteiger partial charge >= 0.3 is 0 Å². The Labute approximate surface area is 148 Å². The van der Waals surface area contributed by atoms with Crippen LogP contribution in [-0.2, 0) is 11.3 Å². The van der Waals surface area contributed by atoms with Crippen LogP contribution in [0.3, 0.4) is 0 Å². The third kappa shape index (κ3) is 7.58. The summed E-state index contributed by atoms with van der Waals surface area (Å²) in [5.41, 5.74) is 1.56. The van der Waals surface area contributed by atoms with Gasteiger partial charge in [-0.3, -0.25) is 9.79 Å². The summed E-state index contributed by atoms with van der Waals surface area (Å²) in [6.45, 7) is 5.07. The van der Waals surface area contributed by atoms with Crippen molar-refractivity contribution in [3.05, 3.63) is 35.1 Å². The fourth-order valence-electron chi connectivity index (χ4n) is 1.71. The molecule has 124 valence electrons. The van der Waals surface area contributed by atoms with Crippen molar-refractivity contribution in [1.29, 1.82) is 0 Å². The van der Waals surface area contributed by atoms with Gasteiger partial charge in [-0.1, -0.05) is 19.1 Å². The number of rotatable bonds is 6. The van der Waals surface area contributed by atoms with E-state index in [9.17, 15) is 9.18 Å². The molecule has 1 amide bonds. The van der Waals surface area contributed by atoms with Gasteiger partial charge in [-0.05, 0) is 30.5 Å². The zero-order chi connectivity index (χ0) is 15.7. The number of nitrogens with one attached hydrogen (secondary N) is 3. The van der Waals surface area contributed by atoms with Crippen LogP contribution in [0.15, 0.2) is 23.2 Å². The Morgan fingerprint density at radius 2 is 2.00 bits per heavy atom. The lowest BCUT2D eigenvalue weighted by Crippen LogP contribution is -2.43. The van der Waals surface area contributed by atoms with Crippen molar-refractivity contribution in [2.75, 3.05) is 20.1 Å². The first-order chi connectivity index (χ1) is 10.1. The van der Waals surface area contributed by atoms with E-state index < -0.39 is 0 Å². The molecular formula is C15H24FIN4O. The van der Waals surface area contributed by atoms with Gasteiger partial charge in [0, 0.05) is 20.1 Å². The van der Waals surface area contributed by atoms with Crippen molar-refractivity contribution < 1.29 is 9.18 Å². The molecule has 0 atom stereocenters. The molecule has 3 N–H and O–H groups in total. The monoisotopic (exact) mass is 422 g/mol. The zero-order valence-electron chi connectivity index (χ0n) is 13.2. The average Bonchev–Trinajstić information content (AvgIpc) is 2.48. The average molecular weight is 422 g/mol. The van der Waals surface area contributed by atoms with E-state index in [0.29, 0.717) is 24.6 Å². The van der Waals surface area contributed by atoms with E-state index in [2.05, 4.69) is 20.9 Å². The van der Waals surface area contributed by atoms with E-state index in [-0.39, 0.29) is 42.2 Å². The van der Waals surface area contributed by atoms with E-state index in [1.165, 1.54) is 6.07 Å². The standard InChI is InChI=1S/C15H23FN4O.HI/c1-4-7-18-14(21)10-20-15(17-3)19-9-12-5-6-13(16)11(2)8-12;/h5-6,8H,4,7,9-10H2,1-3H3,(H,18,21)(H2,17,19,20);1H. The van der Waals surface area contributed by atoms with Gasteiger partial charge in [0.25, 0.3) is 0 Å². The van der Waals surface area contributed by atoms with Crippen molar-refractivity contribution in [3.8, 4) is 0 Å². The number of aliphatic imine (C=N–C) groups is 1. The zero-order valence-corrected chi connectivity index (χ0v) is 15.5. The van der Waals surface area contributed by atoms with Crippen LogP contribution in [0.1, 0.15) is 24.5 Å². The van der Waals surface area contributed by atoms with Crippen molar-refractivity contribution in [2.24, 2.45) is 4.99 Å². The highest BCUT2D eigenvalue weighted by molar-refractivity contribution is 14.0. The van der Waals surface area contributed by atoms with Gasteiger partial charge in [-0.25, -0.2) is 4.39 Å². The third-order valence-electron chi connectivity index (χ3n) is 2.89. The van der Waals surface area contributed by atoms with Crippen molar-refractivity contribution >= 4 is 35.8 Å². The van der Waals surface area contributed by atoms with Crippen LogP contribution in [0.25, 0.3) is 0 Å². The van der Waals surface area contributed by atoms with E-state index in [4.69, 9.17) is 0 Å². The number of hydrogen-bond acceptors (Lipinski definition) is 2. The second-order valence-electron chi connectivity index (χ2n) is 4.71. The van der Waals surface area contributed by atoms with E-state index >= 15 is 0 Å². The number of carbonyl (C=O) groups excluding carboxylic acids is 1. The number of guanidine groups is 1. The van der Waals surface area contributed by atoms with Gasteiger partial charge in [-0.2, -0.15) is 0 Å². The predicted molar refractivity (Wildman–Crippen MR) is 98.1 cm³/mol. The maximum atomic E-state index is 13.2. The molecule has 7 heteroatoms. The van der Waals surface area contributed by atoms with Crippen LogP contribution in [0.4, 0.5) is 4.39 Å². The molecule has 0 fully saturated rings. The quantitative estimate of drug-likeness (QED) is 0.373. The molecule has 0 aliphatic rings. The number of carbonyl (C=O) groups is 1. The number of amides is 1. The van der Waals surface area contributed by atoms with Gasteiger partial charge in [0.1, 0.15) is 5.82 Å². The molecule has 0 radical (unpaired) electrons. The Bertz CT molecular complexity index is 508. The molecule has 0 unspecified atom stereocenters. The van der Waals surface area contributed by atoms with Crippen molar-refractivity contribution in [2.45, 2.75) is 26.8 Å². The lowest BCUT2D eigenvalue weighted by atomic mass is 10.1. The molecule has 0 aromatic heterocycles. The van der Waals surface area contributed by atoms with Gasteiger partial charge in [-0.15, -0.1) is 24.0 Å². The van der Waals surface area contributed by atoms with Gasteiger partial charge in [0.05, 0.1) is 6.54 Å². The van der Waals surface area contributed by atoms with Crippen LogP contribution in [0.5, 0.6) is 0 Å². The normalized spacial score (nSPS) is 10.6. The predicted octanol–water partition coefficient (Wildman–Crippen LogP) is 1.94. The Morgan fingerprint density at radius 1 is 1.27 bits per heavy atom. The minimum Gasteiger partial charge on any atom is -0.355 e. The van der Waals surface area contributed by atoms with E-state index in [1.807, 2.05) is 6.92 Å². The van der Waals surface area contributed by atoms with Crippen LogP contribution in [-0.4, -0.2) is 32.0 Å². The van der Waals surface area contributed by atoms with Crippen LogP contribution in [0.2, 0.25) is 0 Å². The summed E-state index contributed by atoms with van der Waals surface area (Å²) in [5, 5.41) is 8.78. The van der Waals surface area contributed by atoms with Gasteiger partial charge in [0.15, 0.2) is 5.96 Å². The summed E-state index contributed by atoms with van der Waals surface area (Å²) in [6.07, 6.45) is 0.905. The highest BCUT2D eigenvalue weighted by Crippen LogP contribution is 2.08. The Morgan fingerprint density at radius 3 is 2.59 bits per heavy atom.